The lowest BCUT2D eigenvalue weighted by Gasteiger charge is -2.09. The minimum absolute atomic E-state index is 0.0666. The molecule has 3 N–H and O–H groups in total. The van der Waals surface area contributed by atoms with Gasteiger partial charge in [-0.15, -0.1) is 0 Å². The first-order valence-corrected chi connectivity index (χ1v) is 8.89. The van der Waals surface area contributed by atoms with Gasteiger partial charge in [0, 0.05) is 0 Å². The molecule has 1 atom stereocenters. The van der Waals surface area contributed by atoms with Gasteiger partial charge in [0.15, 0.2) is 0 Å². The number of hydrogen-bond donors (Lipinski definition) is 2. The molecule has 0 aliphatic rings. The van der Waals surface area contributed by atoms with Gasteiger partial charge in [-0.1, -0.05) is 43.0 Å². The average molecular weight is 385 g/mol. The third-order valence-corrected chi connectivity index (χ3v) is 3.58. The Bertz CT molecular complexity index is 711. The van der Waals surface area contributed by atoms with Gasteiger partial charge in [-0.2, -0.15) is 8.42 Å². The highest BCUT2D eigenvalue weighted by atomic mass is 32.2. The Morgan fingerprint density at radius 1 is 1.15 bits per heavy atom. The predicted molar refractivity (Wildman–Crippen MR) is 95.9 cm³/mol. The molecule has 0 radical (unpaired) electrons. The van der Waals surface area contributed by atoms with Gasteiger partial charge in [0.1, 0.15) is 19.3 Å². The molecule has 26 heavy (non-hydrogen) atoms. The summed E-state index contributed by atoms with van der Waals surface area (Å²) in [4.78, 5) is 22.0. The Labute approximate surface area is 153 Å². The second-order valence-electron chi connectivity index (χ2n) is 4.99. The molecule has 0 heterocycles. The molecule has 1 rings (SSSR count). The van der Waals surface area contributed by atoms with Crippen molar-refractivity contribution >= 4 is 22.1 Å². The van der Waals surface area contributed by atoms with Crippen LogP contribution in [0.2, 0.25) is 0 Å². The molecule has 0 amide bonds. The number of benzene rings is 1. The lowest BCUT2D eigenvalue weighted by Crippen LogP contribution is -2.35. The molecule has 0 aliphatic carbocycles. The maximum atomic E-state index is 11.1. The van der Waals surface area contributed by atoms with Crippen LogP contribution in [0.3, 0.4) is 0 Å². The minimum atomic E-state index is -4.02. The number of carbonyl (C=O) groups excluding carboxylic acids is 2. The highest BCUT2D eigenvalue weighted by Crippen LogP contribution is 2.08. The first kappa shape index (κ1) is 23.5. The fraction of sp³-hybridized carbons (Fsp3) is 0.294. The van der Waals surface area contributed by atoms with Crippen molar-refractivity contribution in [1.82, 2.24) is 0 Å². The topological polar surface area (TPSA) is 133 Å². The monoisotopic (exact) mass is 385 g/mol. The van der Waals surface area contributed by atoms with E-state index in [1.54, 1.807) is 12.1 Å². The first-order valence-electron chi connectivity index (χ1n) is 7.45. The molecular weight excluding hydrogens is 362 g/mol. The van der Waals surface area contributed by atoms with E-state index in [2.05, 4.69) is 22.6 Å². The van der Waals surface area contributed by atoms with Crippen LogP contribution in [0, 0.1) is 6.92 Å². The van der Waals surface area contributed by atoms with E-state index in [4.69, 9.17) is 10.3 Å². The maximum Gasteiger partial charge on any atom is 0.323 e. The Morgan fingerprint density at radius 2 is 1.65 bits per heavy atom. The molecule has 0 aliphatic heterocycles. The maximum absolute atomic E-state index is 11.1. The molecule has 1 aromatic carbocycles. The van der Waals surface area contributed by atoms with Crippen molar-refractivity contribution in [2.45, 2.75) is 24.3 Å². The van der Waals surface area contributed by atoms with Gasteiger partial charge in [-0.05, 0) is 19.1 Å². The van der Waals surface area contributed by atoms with E-state index in [1.807, 2.05) is 6.92 Å². The van der Waals surface area contributed by atoms with Crippen LogP contribution in [-0.2, 0) is 29.2 Å². The number of aryl methyl sites for hydroxylation is 1. The van der Waals surface area contributed by atoms with E-state index >= 15 is 0 Å². The van der Waals surface area contributed by atoms with Crippen LogP contribution in [-0.4, -0.2) is 44.2 Å². The van der Waals surface area contributed by atoms with E-state index in [1.165, 1.54) is 24.3 Å². The molecule has 144 valence electrons. The molecule has 0 saturated heterocycles. The second-order valence-corrected chi connectivity index (χ2v) is 6.41. The van der Waals surface area contributed by atoms with Crippen LogP contribution in [0.1, 0.15) is 12.0 Å². The molecule has 0 fully saturated rings. The summed E-state index contributed by atoms with van der Waals surface area (Å²) >= 11 is 0. The second kappa shape index (κ2) is 12.0. The zero-order valence-electron chi connectivity index (χ0n) is 14.5. The summed E-state index contributed by atoms with van der Waals surface area (Å²) in [5.41, 5.74) is 6.35. The van der Waals surface area contributed by atoms with Crippen molar-refractivity contribution in [3.05, 3.63) is 55.1 Å². The molecule has 0 aromatic heterocycles. The van der Waals surface area contributed by atoms with Crippen molar-refractivity contribution in [1.29, 1.82) is 0 Å². The lowest BCUT2D eigenvalue weighted by molar-refractivity contribution is -0.150. The summed E-state index contributed by atoms with van der Waals surface area (Å²) in [7, 11) is -4.02. The highest BCUT2D eigenvalue weighted by Gasteiger charge is 2.19. The van der Waals surface area contributed by atoms with E-state index in [0.717, 1.165) is 5.56 Å². The normalized spacial score (nSPS) is 11.3. The molecule has 9 heteroatoms. The smallest absolute Gasteiger partial charge is 0.323 e. The van der Waals surface area contributed by atoms with Crippen molar-refractivity contribution in [2.75, 3.05) is 13.2 Å². The Kier molecular flexibility index (Phi) is 10.8. The quantitative estimate of drug-likeness (QED) is 0.390. The van der Waals surface area contributed by atoms with Gasteiger partial charge in [-0.25, -0.2) is 0 Å². The average Bonchev–Trinajstić information content (AvgIpc) is 2.57. The fourth-order valence-corrected chi connectivity index (χ4v) is 1.91. The molecular formula is C17H23NO7S. The van der Waals surface area contributed by atoms with E-state index in [0.29, 0.717) is 0 Å². The molecule has 0 bridgehead atoms. The van der Waals surface area contributed by atoms with Crippen LogP contribution in [0.4, 0.5) is 0 Å². The number of esters is 2. The zero-order valence-corrected chi connectivity index (χ0v) is 15.3. The number of ether oxygens (including phenoxy) is 2. The SMILES string of the molecule is C=CCOC(=O)CC(N)C(=O)OCC=C.Cc1ccc(S(=O)(=O)O)cc1. The summed E-state index contributed by atoms with van der Waals surface area (Å²) in [6.45, 7) is 8.77. The first-order chi connectivity index (χ1) is 12.1. The van der Waals surface area contributed by atoms with E-state index in [9.17, 15) is 18.0 Å². The summed E-state index contributed by atoms with van der Waals surface area (Å²) in [5.74, 6) is -1.21. The van der Waals surface area contributed by atoms with Gasteiger partial charge in [0.05, 0.1) is 11.3 Å². The van der Waals surface area contributed by atoms with Gasteiger partial charge in [0.25, 0.3) is 10.1 Å². The summed E-state index contributed by atoms with van der Waals surface area (Å²) < 4.78 is 38.9. The van der Waals surface area contributed by atoms with Gasteiger partial charge >= 0.3 is 11.9 Å². The third-order valence-electron chi connectivity index (χ3n) is 2.71. The number of hydrogen-bond acceptors (Lipinski definition) is 7. The number of nitrogens with two attached hydrogens (primary N) is 1. The molecule has 0 spiro atoms. The summed E-state index contributed by atoms with van der Waals surface area (Å²) in [6.07, 6.45) is 2.64. The van der Waals surface area contributed by atoms with Crippen LogP contribution in [0.25, 0.3) is 0 Å². The van der Waals surface area contributed by atoms with E-state index < -0.39 is 28.1 Å². The van der Waals surface area contributed by atoms with Crippen LogP contribution in [0.5, 0.6) is 0 Å². The van der Waals surface area contributed by atoms with Gasteiger partial charge < -0.3 is 15.2 Å². The molecule has 0 saturated carbocycles. The Balaban J connectivity index is 0.000000502. The van der Waals surface area contributed by atoms with Crippen LogP contribution in [0.15, 0.2) is 54.5 Å². The number of carbonyl (C=O) groups is 2. The standard InChI is InChI=1S/C10H15NO4.C7H8O3S/c1-3-5-14-9(12)7-8(11)10(13)15-6-4-2;1-6-2-4-7(5-3-6)11(8,9)10/h3-4,8H,1-2,5-7,11H2;2-5H,1H3,(H,8,9,10). The number of rotatable bonds is 8. The van der Waals surface area contributed by atoms with Crippen molar-refractivity contribution < 1.29 is 32.0 Å². The Hall–Kier alpha value is -2.49. The van der Waals surface area contributed by atoms with Gasteiger partial charge in [0.2, 0.25) is 0 Å². The van der Waals surface area contributed by atoms with Crippen molar-refractivity contribution in [2.24, 2.45) is 5.73 Å². The molecule has 1 aromatic rings. The Morgan fingerprint density at radius 3 is 2.12 bits per heavy atom. The van der Waals surface area contributed by atoms with E-state index in [-0.39, 0.29) is 24.5 Å². The third kappa shape index (κ3) is 10.4. The largest absolute Gasteiger partial charge is 0.461 e. The molecule has 1 unspecified atom stereocenters. The molecule has 8 nitrogen and oxygen atoms in total. The van der Waals surface area contributed by atoms with Crippen molar-refractivity contribution in [3.63, 3.8) is 0 Å². The predicted octanol–water partition coefficient (Wildman–Crippen LogP) is 1.40. The van der Waals surface area contributed by atoms with Crippen molar-refractivity contribution in [3.8, 4) is 0 Å². The summed E-state index contributed by atoms with van der Waals surface area (Å²) in [5, 5.41) is 0. The lowest BCUT2D eigenvalue weighted by atomic mass is 10.2. The zero-order chi connectivity index (χ0) is 20.2. The highest BCUT2D eigenvalue weighted by molar-refractivity contribution is 7.85. The summed E-state index contributed by atoms with van der Waals surface area (Å²) in [6, 6.07) is 4.99. The van der Waals surface area contributed by atoms with Crippen LogP contribution >= 0.6 is 0 Å². The minimum Gasteiger partial charge on any atom is -0.461 e. The fourth-order valence-electron chi connectivity index (χ4n) is 1.43. The van der Waals surface area contributed by atoms with Gasteiger partial charge in [-0.3, -0.25) is 14.1 Å². The van der Waals surface area contributed by atoms with Crippen LogP contribution < -0.4 is 5.73 Å².